The van der Waals surface area contributed by atoms with Crippen molar-refractivity contribution in [1.29, 1.82) is 0 Å². The molecule has 1 N–H and O–H groups in total. The van der Waals surface area contributed by atoms with Crippen LogP contribution in [0.3, 0.4) is 0 Å². The van der Waals surface area contributed by atoms with E-state index in [2.05, 4.69) is 0 Å². The molecule has 0 amide bonds. The van der Waals surface area contributed by atoms with Gasteiger partial charge >= 0.3 is 10.2 Å². The minimum atomic E-state index is -3.47. The molecule has 1 aliphatic carbocycles. The van der Waals surface area contributed by atoms with Crippen molar-refractivity contribution >= 4 is 21.6 Å². The van der Waals surface area contributed by atoms with Crippen molar-refractivity contribution in [1.82, 2.24) is 0 Å². The van der Waals surface area contributed by atoms with Crippen LogP contribution < -0.4 is 8.61 Å². The molecule has 1 aliphatic heterocycles. The average molecular weight is 372 g/mol. The molecule has 0 radical (unpaired) electrons. The highest BCUT2D eigenvalue weighted by atomic mass is 32.2. The van der Waals surface area contributed by atoms with Crippen LogP contribution >= 0.6 is 0 Å². The number of rotatable bonds is 4. The third kappa shape index (κ3) is 2.87. The van der Waals surface area contributed by atoms with E-state index in [1.54, 1.807) is 25.2 Å². The molecule has 1 fully saturated rings. The van der Waals surface area contributed by atoms with E-state index in [1.165, 1.54) is 4.31 Å². The Kier molecular flexibility index (Phi) is 3.82. The van der Waals surface area contributed by atoms with Crippen LogP contribution in [-0.2, 0) is 15.8 Å². The molecule has 138 valence electrons. The van der Waals surface area contributed by atoms with E-state index in [0.29, 0.717) is 12.5 Å². The fourth-order valence-corrected chi connectivity index (χ4v) is 4.85. The van der Waals surface area contributed by atoms with Crippen LogP contribution in [-0.4, -0.2) is 27.1 Å². The molecular formula is C20H24N2O3S. The van der Waals surface area contributed by atoms with Crippen LogP contribution in [0.2, 0.25) is 0 Å². The summed E-state index contributed by atoms with van der Waals surface area (Å²) in [5.41, 5.74) is 3.39. The Morgan fingerprint density at radius 2 is 1.65 bits per heavy atom. The molecule has 26 heavy (non-hydrogen) atoms. The van der Waals surface area contributed by atoms with Crippen LogP contribution in [0.5, 0.6) is 0 Å². The number of benzene rings is 2. The molecule has 2 aromatic carbocycles. The first-order valence-electron chi connectivity index (χ1n) is 8.92. The summed E-state index contributed by atoms with van der Waals surface area (Å²) in [4.78, 5) is 0. The zero-order chi connectivity index (χ0) is 18.7. The Hall–Kier alpha value is -2.05. The summed E-state index contributed by atoms with van der Waals surface area (Å²) in [6.45, 7) is 4.08. The van der Waals surface area contributed by atoms with Crippen molar-refractivity contribution in [3.8, 4) is 11.1 Å². The van der Waals surface area contributed by atoms with Gasteiger partial charge in [0.15, 0.2) is 0 Å². The lowest BCUT2D eigenvalue weighted by Gasteiger charge is -2.18. The molecule has 0 aromatic heterocycles. The smallest absolute Gasteiger partial charge is 0.326 e. The van der Waals surface area contributed by atoms with Gasteiger partial charge in [0, 0.05) is 13.6 Å². The van der Waals surface area contributed by atoms with Crippen molar-refractivity contribution in [3.63, 3.8) is 0 Å². The van der Waals surface area contributed by atoms with Gasteiger partial charge in [-0.3, -0.25) is 8.61 Å². The molecule has 0 unspecified atom stereocenters. The fourth-order valence-electron chi connectivity index (χ4n) is 3.36. The van der Waals surface area contributed by atoms with Crippen molar-refractivity contribution in [3.05, 3.63) is 48.0 Å². The highest BCUT2D eigenvalue weighted by Gasteiger charge is 2.40. The molecular weight excluding hydrogens is 348 g/mol. The van der Waals surface area contributed by atoms with Gasteiger partial charge in [-0.2, -0.15) is 8.42 Å². The molecule has 1 saturated carbocycles. The van der Waals surface area contributed by atoms with Crippen molar-refractivity contribution < 1.29 is 13.5 Å². The predicted octanol–water partition coefficient (Wildman–Crippen LogP) is 3.49. The predicted molar refractivity (Wildman–Crippen MR) is 105 cm³/mol. The Morgan fingerprint density at radius 3 is 2.23 bits per heavy atom. The van der Waals surface area contributed by atoms with Crippen molar-refractivity contribution in [2.24, 2.45) is 5.92 Å². The summed E-state index contributed by atoms with van der Waals surface area (Å²) in [6, 6.07) is 13.5. The second kappa shape index (κ2) is 5.72. The van der Waals surface area contributed by atoms with E-state index in [9.17, 15) is 13.5 Å². The summed E-state index contributed by atoms with van der Waals surface area (Å²) >= 11 is 0. The Balaban J connectivity index is 1.71. The zero-order valence-corrected chi connectivity index (χ0v) is 16.1. The monoisotopic (exact) mass is 372 g/mol. The third-order valence-electron chi connectivity index (χ3n) is 5.25. The molecule has 0 saturated heterocycles. The molecule has 0 bridgehead atoms. The van der Waals surface area contributed by atoms with Gasteiger partial charge in [0.2, 0.25) is 0 Å². The number of hydrogen-bond donors (Lipinski definition) is 1. The number of anilines is 2. The van der Waals surface area contributed by atoms with Crippen molar-refractivity contribution in [2.45, 2.75) is 32.3 Å². The van der Waals surface area contributed by atoms with Gasteiger partial charge in [-0.1, -0.05) is 30.3 Å². The maximum absolute atomic E-state index is 12.7. The molecule has 2 aliphatic rings. The Bertz CT molecular complexity index is 942. The van der Waals surface area contributed by atoms with E-state index >= 15 is 0 Å². The van der Waals surface area contributed by atoms with E-state index in [0.717, 1.165) is 40.9 Å². The number of nitrogens with zero attached hydrogens (tertiary/aromatic N) is 2. The van der Waals surface area contributed by atoms with E-state index < -0.39 is 15.8 Å². The van der Waals surface area contributed by atoms with Crippen LogP contribution in [0.4, 0.5) is 11.4 Å². The minimum absolute atomic E-state index is 0.484. The lowest BCUT2D eigenvalue weighted by atomic mass is 9.95. The second-order valence-electron chi connectivity index (χ2n) is 7.79. The number of aliphatic hydroxyl groups is 1. The lowest BCUT2D eigenvalue weighted by molar-refractivity contribution is 0.0786. The van der Waals surface area contributed by atoms with Crippen LogP contribution in [0.25, 0.3) is 11.1 Å². The average Bonchev–Trinajstić information content (AvgIpc) is 3.39. The number of fused-ring (bicyclic) bond motifs is 1. The fraction of sp³-hybridized carbons (Fsp3) is 0.400. The second-order valence-corrected chi connectivity index (χ2v) is 9.67. The van der Waals surface area contributed by atoms with Gasteiger partial charge in [0.25, 0.3) is 0 Å². The first kappa shape index (κ1) is 17.4. The molecule has 1 heterocycles. The molecule has 4 rings (SSSR count). The van der Waals surface area contributed by atoms with E-state index in [4.69, 9.17) is 0 Å². The van der Waals surface area contributed by atoms with Gasteiger partial charge < -0.3 is 5.11 Å². The maximum atomic E-state index is 12.7. The summed E-state index contributed by atoms with van der Waals surface area (Å²) < 4.78 is 28.4. The molecule has 6 heteroatoms. The minimum Gasteiger partial charge on any atom is -0.386 e. The van der Waals surface area contributed by atoms with Crippen LogP contribution in [0, 0.1) is 5.92 Å². The van der Waals surface area contributed by atoms with E-state index in [1.807, 2.05) is 42.5 Å². The largest absolute Gasteiger partial charge is 0.386 e. The number of hydrogen-bond acceptors (Lipinski definition) is 3. The molecule has 2 aromatic rings. The first-order chi connectivity index (χ1) is 12.2. The maximum Gasteiger partial charge on any atom is 0.326 e. The molecule has 0 atom stereocenters. The topological polar surface area (TPSA) is 60.9 Å². The third-order valence-corrected chi connectivity index (χ3v) is 7.05. The quantitative estimate of drug-likeness (QED) is 0.894. The van der Waals surface area contributed by atoms with Gasteiger partial charge in [-0.15, -0.1) is 0 Å². The summed E-state index contributed by atoms with van der Waals surface area (Å²) in [5.74, 6) is 0.484. The summed E-state index contributed by atoms with van der Waals surface area (Å²) in [5, 5.41) is 10.1. The molecule has 5 nitrogen and oxygen atoms in total. The van der Waals surface area contributed by atoms with Gasteiger partial charge in [0.05, 0.1) is 17.0 Å². The zero-order valence-electron chi connectivity index (χ0n) is 15.3. The normalized spacial score (nSPS) is 18.9. The highest BCUT2D eigenvalue weighted by Crippen LogP contribution is 2.44. The van der Waals surface area contributed by atoms with Crippen LogP contribution in [0.15, 0.2) is 42.5 Å². The standard InChI is InChI=1S/C20H24N2O3S/c1-20(2,23)17-9-6-15(7-10-17)16-8-11-18-19(12-16)21(3)26(24,25)22(18)13-14-4-5-14/h6-12,14,23H,4-5,13H2,1-3H3. The molecule has 0 spiro atoms. The van der Waals surface area contributed by atoms with Gasteiger partial charge in [-0.05, 0) is 61.4 Å². The van der Waals surface area contributed by atoms with Crippen molar-refractivity contribution in [2.75, 3.05) is 22.2 Å². The lowest BCUT2D eigenvalue weighted by Crippen LogP contribution is -2.36. The summed E-state index contributed by atoms with van der Waals surface area (Å²) in [6.07, 6.45) is 2.22. The highest BCUT2D eigenvalue weighted by molar-refractivity contribution is 7.94. The SMILES string of the molecule is CN1c2cc(-c3ccc(C(C)(C)O)cc3)ccc2N(CC2CC2)S1(=O)=O. The van der Waals surface area contributed by atoms with E-state index in [-0.39, 0.29) is 0 Å². The Morgan fingerprint density at radius 1 is 1.04 bits per heavy atom. The van der Waals surface area contributed by atoms with Gasteiger partial charge in [-0.25, -0.2) is 0 Å². The summed E-state index contributed by atoms with van der Waals surface area (Å²) in [7, 11) is -1.86. The van der Waals surface area contributed by atoms with Crippen LogP contribution in [0.1, 0.15) is 32.3 Å². The van der Waals surface area contributed by atoms with Gasteiger partial charge in [0.1, 0.15) is 0 Å². The Labute approximate surface area is 155 Å². The first-order valence-corrected chi connectivity index (χ1v) is 10.3.